The van der Waals surface area contributed by atoms with E-state index in [0.717, 1.165) is 0 Å². The lowest BCUT2D eigenvalue weighted by Crippen LogP contribution is -2.34. The van der Waals surface area contributed by atoms with Crippen molar-refractivity contribution in [2.24, 2.45) is 16.9 Å². The molecule has 3 rings (SSSR count). The van der Waals surface area contributed by atoms with Crippen LogP contribution in [-0.2, 0) is 4.79 Å². The van der Waals surface area contributed by atoms with Crippen molar-refractivity contribution in [1.82, 2.24) is 0 Å². The van der Waals surface area contributed by atoms with Crippen molar-refractivity contribution in [3.05, 3.63) is 70.3 Å². The summed E-state index contributed by atoms with van der Waals surface area (Å²) in [6, 6.07) is 18.3. The molecule has 0 saturated carbocycles. The van der Waals surface area contributed by atoms with Crippen LogP contribution in [0.25, 0.3) is 0 Å². The summed E-state index contributed by atoms with van der Waals surface area (Å²) in [7, 11) is 0. The maximum Gasteiger partial charge on any atom is 0.269 e. The summed E-state index contributed by atoms with van der Waals surface area (Å²) >= 11 is 0. The Morgan fingerprint density at radius 1 is 1.11 bits per heavy atom. The second kappa shape index (κ2) is 7.68. The largest absolute Gasteiger partial charge is 0.272 e. The van der Waals surface area contributed by atoms with Crippen molar-refractivity contribution in [3.63, 3.8) is 0 Å². The first kappa shape index (κ1) is 18.7. The van der Waals surface area contributed by atoms with Crippen LogP contribution in [0.2, 0.25) is 0 Å². The zero-order valence-electron chi connectivity index (χ0n) is 14.9. The van der Waals surface area contributed by atoms with Gasteiger partial charge in [0.1, 0.15) is 5.92 Å². The van der Waals surface area contributed by atoms with E-state index in [1.54, 1.807) is 31.2 Å². The summed E-state index contributed by atoms with van der Waals surface area (Å²) in [5.41, 5.74) is 1.46. The standard InChI is InChI=1S/C20H15N5O3/c1-13-18(20(26)24(23-13)16-5-3-2-4-6-16)19(15(11-21)12-22)14-7-9-17(10-8-14)25(27)28/h2-10,15,18-19H,1H3/t18-,19+/m1/s1. The normalized spacial score (nSPS) is 17.0. The van der Waals surface area contributed by atoms with E-state index in [9.17, 15) is 25.4 Å². The molecule has 0 N–H and O–H groups in total. The van der Waals surface area contributed by atoms with Gasteiger partial charge < -0.3 is 0 Å². The molecule has 2 aromatic carbocycles. The van der Waals surface area contributed by atoms with Gasteiger partial charge in [0.2, 0.25) is 0 Å². The number of para-hydroxylation sites is 1. The molecule has 0 unspecified atom stereocenters. The molecule has 0 spiro atoms. The number of carbonyl (C=O) groups excluding carboxylic acids is 1. The number of hydrogen-bond donors (Lipinski definition) is 0. The minimum atomic E-state index is -1.11. The number of nitro groups is 1. The van der Waals surface area contributed by atoms with Gasteiger partial charge in [-0.3, -0.25) is 14.9 Å². The van der Waals surface area contributed by atoms with Gasteiger partial charge in [0.15, 0.2) is 0 Å². The highest BCUT2D eigenvalue weighted by molar-refractivity contribution is 6.15. The Kier molecular flexibility index (Phi) is 5.14. The van der Waals surface area contributed by atoms with Crippen LogP contribution in [0, 0.1) is 44.6 Å². The third kappa shape index (κ3) is 3.31. The minimum absolute atomic E-state index is 0.109. The van der Waals surface area contributed by atoms with E-state index in [2.05, 4.69) is 5.10 Å². The van der Waals surface area contributed by atoms with Crippen LogP contribution in [0.4, 0.5) is 11.4 Å². The van der Waals surface area contributed by atoms with E-state index in [-0.39, 0.29) is 11.6 Å². The number of rotatable bonds is 5. The van der Waals surface area contributed by atoms with Crippen molar-refractivity contribution in [2.45, 2.75) is 12.8 Å². The highest BCUT2D eigenvalue weighted by atomic mass is 16.6. The number of hydrazone groups is 1. The topological polar surface area (TPSA) is 123 Å². The van der Waals surface area contributed by atoms with Crippen molar-refractivity contribution in [1.29, 1.82) is 10.5 Å². The molecule has 0 bridgehead atoms. The molecule has 0 aliphatic carbocycles. The van der Waals surface area contributed by atoms with Crippen LogP contribution in [0.1, 0.15) is 18.4 Å². The summed E-state index contributed by atoms with van der Waals surface area (Å²) in [5.74, 6) is -3.06. The molecule has 1 aliphatic heterocycles. The maximum absolute atomic E-state index is 13.1. The molecule has 0 fully saturated rings. The van der Waals surface area contributed by atoms with Crippen molar-refractivity contribution in [2.75, 3.05) is 5.01 Å². The van der Waals surface area contributed by atoms with Gasteiger partial charge in [0, 0.05) is 23.8 Å². The van der Waals surface area contributed by atoms with Crippen molar-refractivity contribution in [3.8, 4) is 12.1 Å². The molecule has 0 aromatic heterocycles. The molecule has 138 valence electrons. The van der Waals surface area contributed by atoms with Gasteiger partial charge >= 0.3 is 0 Å². The average Bonchev–Trinajstić information content (AvgIpc) is 3.01. The number of nitro benzene ring substituents is 1. The third-order valence-corrected chi connectivity index (χ3v) is 4.67. The molecule has 8 heteroatoms. The number of hydrogen-bond acceptors (Lipinski definition) is 6. The molecule has 8 nitrogen and oxygen atoms in total. The second-order valence-corrected chi connectivity index (χ2v) is 6.31. The number of nitriles is 2. The molecule has 1 heterocycles. The predicted octanol–water partition coefficient (Wildman–Crippen LogP) is 3.38. The fourth-order valence-corrected chi connectivity index (χ4v) is 3.33. The van der Waals surface area contributed by atoms with Gasteiger partial charge in [-0.25, -0.2) is 5.01 Å². The Labute approximate surface area is 161 Å². The number of non-ortho nitro benzene ring substituents is 1. The third-order valence-electron chi connectivity index (χ3n) is 4.67. The first-order valence-corrected chi connectivity index (χ1v) is 8.45. The molecular weight excluding hydrogens is 358 g/mol. The van der Waals surface area contributed by atoms with Crippen molar-refractivity contribution >= 4 is 23.0 Å². The number of nitrogens with zero attached hydrogens (tertiary/aromatic N) is 5. The van der Waals surface area contributed by atoms with Gasteiger partial charge in [-0.2, -0.15) is 15.6 Å². The quantitative estimate of drug-likeness (QED) is 0.587. The zero-order chi connectivity index (χ0) is 20.3. The van der Waals surface area contributed by atoms with Crippen LogP contribution in [0.5, 0.6) is 0 Å². The van der Waals surface area contributed by atoms with Gasteiger partial charge in [-0.05, 0) is 24.6 Å². The molecule has 2 aromatic rings. The summed E-state index contributed by atoms with van der Waals surface area (Å²) in [5, 5.41) is 35.5. The Bertz CT molecular complexity index is 1000. The Balaban J connectivity index is 2.03. The van der Waals surface area contributed by atoms with E-state index in [4.69, 9.17) is 0 Å². The van der Waals surface area contributed by atoms with E-state index in [0.29, 0.717) is 17.0 Å². The van der Waals surface area contributed by atoms with Crippen LogP contribution < -0.4 is 5.01 Å². The fourth-order valence-electron chi connectivity index (χ4n) is 3.33. The smallest absolute Gasteiger partial charge is 0.269 e. The lowest BCUT2D eigenvalue weighted by Gasteiger charge is -2.24. The summed E-state index contributed by atoms with van der Waals surface area (Å²) in [6.07, 6.45) is 0. The van der Waals surface area contributed by atoms with Gasteiger partial charge in [0.25, 0.3) is 11.6 Å². The molecule has 1 amide bonds. The first-order valence-electron chi connectivity index (χ1n) is 8.45. The minimum Gasteiger partial charge on any atom is -0.272 e. The summed E-state index contributed by atoms with van der Waals surface area (Å²) in [6.45, 7) is 1.68. The molecule has 0 saturated heterocycles. The number of benzene rings is 2. The van der Waals surface area contributed by atoms with E-state index >= 15 is 0 Å². The fraction of sp³-hybridized carbons (Fsp3) is 0.200. The van der Waals surface area contributed by atoms with E-state index in [1.165, 1.54) is 29.3 Å². The Morgan fingerprint density at radius 2 is 1.71 bits per heavy atom. The second-order valence-electron chi connectivity index (χ2n) is 6.31. The van der Waals surface area contributed by atoms with Gasteiger partial charge in [0.05, 0.1) is 28.7 Å². The Hall–Kier alpha value is -4.04. The maximum atomic E-state index is 13.1. The van der Waals surface area contributed by atoms with Crippen LogP contribution in [0.15, 0.2) is 59.7 Å². The lowest BCUT2D eigenvalue weighted by atomic mass is 9.75. The number of carbonyl (C=O) groups is 1. The zero-order valence-corrected chi connectivity index (χ0v) is 14.9. The van der Waals surface area contributed by atoms with E-state index in [1.807, 2.05) is 18.2 Å². The van der Waals surface area contributed by atoms with Crippen LogP contribution in [-0.4, -0.2) is 16.5 Å². The van der Waals surface area contributed by atoms with E-state index < -0.39 is 22.7 Å². The first-order chi connectivity index (χ1) is 13.5. The van der Waals surface area contributed by atoms with Crippen LogP contribution in [0.3, 0.4) is 0 Å². The van der Waals surface area contributed by atoms with Gasteiger partial charge in [-0.1, -0.05) is 30.3 Å². The molecule has 28 heavy (non-hydrogen) atoms. The SMILES string of the molecule is CC1=NN(c2ccccc2)C(=O)[C@H]1[C@@H](c1ccc([N+](=O)[O-])cc1)C(C#N)C#N. The molecule has 2 atom stereocenters. The van der Waals surface area contributed by atoms with Gasteiger partial charge in [-0.15, -0.1) is 0 Å². The van der Waals surface area contributed by atoms with Crippen LogP contribution >= 0.6 is 0 Å². The predicted molar refractivity (Wildman–Crippen MR) is 101 cm³/mol. The summed E-state index contributed by atoms with van der Waals surface area (Å²) < 4.78 is 0. The van der Waals surface area contributed by atoms with Crippen molar-refractivity contribution < 1.29 is 9.72 Å². The highest BCUT2D eigenvalue weighted by Crippen LogP contribution is 2.38. The highest BCUT2D eigenvalue weighted by Gasteiger charge is 2.44. The number of amides is 1. The molecule has 0 radical (unpaired) electrons. The molecule has 1 aliphatic rings. The summed E-state index contributed by atoms with van der Waals surface area (Å²) in [4.78, 5) is 23.5. The average molecular weight is 373 g/mol. The lowest BCUT2D eigenvalue weighted by molar-refractivity contribution is -0.384. The monoisotopic (exact) mass is 373 g/mol. The number of anilines is 1. The molecular formula is C20H15N5O3. The Morgan fingerprint density at radius 3 is 2.25 bits per heavy atom.